The maximum atomic E-state index is 12.6. The van der Waals surface area contributed by atoms with Crippen LogP contribution >= 0.6 is 0 Å². The summed E-state index contributed by atoms with van der Waals surface area (Å²) >= 11 is 0. The van der Waals surface area contributed by atoms with Crippen LogP contribution < -0.4 is 5.56 Å². The van der Waals surface area contributed by atoms with Gasteiger partial charge in [0.2, 0.25) is 6.23 Å². The Hall–Kier alpha value is -3.79. The average Bonchev–Trinajstić information content (AvgIpc) is 2.67. The second-order valence-corrected chi connectivity index (χ2v) is 5.38. The number of nitriles is 1. The first-order chi connectivity index (χ1) is 12.6. The summed E-state index contributed by atoms with van der Waals surface area (Å²) in [6, 6.07) is 15.1. The fourth-order valence-corrected chi connectivity index (χ4v) is 2.48. The van der Waals surface area contributed by atoms with Gasteiger partial charge in [0.1, 0.15) is 11.5 Å². The highest BCUT2D eigenvalue weighted by molar-refractivity contribution is 5.66. The summed E-state index contributed by atoms with van der Waals surface area (Å²) < 4.78 is 6.65. The van der Waals surface area contributed by atoms with Gasteiger partial charge >= 0.3 is 5.97 Å². The Kier molecular flexibility index (Phi) is 4.85. The van der Waals surface area contributed by atoms with Gasteiger partial charge in [0.05, 0.1) is 11.6 Å². The molecular formula is C19H14N4O3. The van der Waals surface area contributed by atoms with E-state index in [0.29, 0.717) is 22.6 Å². The summed E-state index contributed by atoms with van der Waals surface area (Å²) in [5, 5.41) is 8.95. The molecule has 0 radical (unpaired) electrons. The molecule has 0 fully saturated rings. The van der Waals surface area contributed by atoms with Crippen LogP contribution in [0.1, 0.15) is 24.4 Å². The molecule has 0 N–H and O–H groups in total. The van der Waals surface area contributed by atoms with Crippen molar-refractivity contribution in [2.45, 2.75) is 13.2 Å². The Bertz CT molecular complexity index is 1020. The van der Waals surface area contributed by atoms with Crippen LogP contribution in [-0.2, 0) is 9.53 Å². The molecule has 1 unspecified atom stereocenters. The van der Waals surface area contributed by atoms with Crippen LogP contribution in [0.15, 0.2) is 65.7 Å². The molecule has 0 aliphatic heterocycles. The molecule has 1 aromatic carbocycles. The van der Waals surface area contributed by atoms with E-state index in [-0.39, 0.29) is 0 Å². The molecule has 1 atom stereocenters. The summed E-state index contributed by atoms with van der Waals surface area (Å²) in [6.45, 7) is 1.26. The lowest BCUT2D eigenvalue weighted by Crippen LogP contribution is -2.30. The molecule has 0 spiro atoms. The monoisotopic (exact) mass is 346 g/mol. The van der Waals surface area contributed by atoms with E-state index < -0.39 is 17.8 Å². The minimum atomic E-state index is -1.06. The van der Waals surface area contributed by atoms with Crippen molar-refractivity contribution in [2.24, 2.45) is 0 Å². The van der Waals surface area contributed by atoms with Gasteiger partial charge in [-0.2, -0.15) is 5.26 Å². The van der Waals surface area contributed by atoms with E-state index in [9.17, 15) is 9.59 Å². The highest BCUT2D eigenvalue weighted by Crippen LogP contribution is 2.23. The fourth-order valence-electron chi connectivity index (χ4n) is 2.48. The molecule has 26 heavy (non-hydrogen) atoms. The standard InChI is InChI=1S/C19H14N4O3/c1-13(24)26-19(16-4-2-3-10-21-16)23-17(25)9-11-22-18(23)15-7-5-14(12-20)6-8-15/h2-11,19H,1H3. The summed E-state index contributed by atoms with van der Waals surface area (Å²) in [5.74, 6) is -0.249. The van der Waals surface area contributed by atoms with Crippen LogP contribution in [0, 0.1) is 11.3 Å². The Morgan fingerprint density at radius 2 is 1.88 bits per heavy atom. The van der Waals surface area contributed by atoms with Crippen molar-refractivity contribution in [3.63, 3.8) is 0 Å². The van der Waals surface area contributed by atoms with Crippen molar-refractivity contribution in [1.29, 1.82) is 5.26 Å². The zero-order valence-corrected chi connectivity index (χ0v) is 13.9. The van der Waals surface area contributed by atoms with Crippen LogP contribution in [-0.4, -0.2) is 20.5 Å². The molecule has 0 aliphatic rings. The van der Waals surface area contributed by atoms with Gasteiger partial charge in [-0.05, 0) is 36.4 Å². The largest absolute Gasteiger partial charge is 0.435 e. The molecule has 2 aromatic heterocycles. The molecule has 128 valence electrons. The number of hydrogen-bond acceptors (Lipinski definition) is 6. The van der Waals surface area contributed by atoms with Crippen LogP contribution in [0.3, 0.4) is 0 Å². The van der Waals surface area contributed by atoms with E-state index in [2.05, 4.69) is 9.97 Å². The lowest BCUT2D eigenvalue weighted by Gasteiger charge is -2.21. The Labute approximate surface area is 149 Å². The molecule has 0 amide bonds. The molecule has 7 heteroatoms. The second-order valence-electron chi connectivity index (χ2n) is 5.38. The smallest absolute Gasteiger partial charge is 0.304 e. The van der Waals surface area contributed by atoms with E-state index in [1.165, 1.54) is 23.8 Å². The predicted octanol–water partition coefficient (Wildman–Crippen LogP) is 2.29. The van der Waals surface area contributed by atoms with E-state index >= 15 is 0 Å². The fraction of sp³-hybridized carbons (Fsp3) is 0.105. The van der Waals surface area contributed by atoms with Gasteiger partial charge in [-0.25, -0.2) is 9.55 Å². The zero-order valence-electron chi connectivity index (χ0n) is 13.9. The summed E-state index contributed by atoms with van der Waals surface area (Å²) in [5.41, 5.74) is 1.10. The predicted molar refractivity (Wildman–Crippen MR) is 92.8 cm³/mol. The number of hydrogen-bond donors (Lipinski definition) is 0. The van der Waals surface area contributed by atoms with E-state index in [1.807, 2.05) is 6.07 Å². The number of rotatable bonds is 4. The molecule has 2 heterocycles. The molecule has 0 saturated carbocycles. The van der Waals surface area contributed by atoms with Crippen molar-refractivity contribution in [3.05, 3.63) is 82.5 Å². The number of benzene rings is 1. The van der Waals surface area contributed by atoms with Gasteiger partial charge in [0.15, 0.2) is 0 Å². The van der Waals surface area contributed by atoms with Crippen LogP contribution in [0.25, 0.3) is 11.4 Å². The number of nitrogens with zero attached hydrogens (tertiary/aromatic N) is 4. The number of carbonyl (C=O) groups is 1. The van der Waals surface area contributed by atoms with E-state index in [0.717, 1.165) is 0 Å². The van der Waals surface area contributed by atoms with Crippen molar-refractivity contribution in [3.8, 4) is 17.5 Å². The Morgan fingerprint density at radius 1 is 1.12 bits per heavy atom. The number of ether oxygens (including phenoxy) is 1. The number of aromatic nitrogens is 3. The Morgan fingerprint density at radius 3 is 2.50 bits per heavy atom. The molecule has 0 bridgehead atoms. The van der Waals surface area contributed by atoms with E-state index in [4.69, 9.17) is 10.00 Å². The van der Waals surface area contributed by atoms with Gasteiger partial charge in [0.25, 0.3) is 5.56 Å². The van der Waals surface area contributed by atoms with Gasteiger partial charge in [-0.3, -0.25) is 14.6 Å². The summed E-state index contributed by atoms with van der Waals surface area (Å²) in [4.78, 5) is 32.7. The van der Waals surface area contributed by atoms with Gasteiger partial charge in [0, 0.05) is 30.9 Å². The first kappa shape index (κ1) is 17.0. The third-order valence-electron chi connectivity index (χ3n) is 3.60. The third kappa shape index (κ3) is 3.49. The molecule has 0 saturated heterocycles. The molecule has 3 rings (SSSR count). The van der Waals surface area contributed by atoms with Crippen LogP contribution in [0.5, 0.6) is 0 Å². The minimum Gasteiger partial charge on any atom is -0.435 e. The first-order valence-corrected chi connectivity index (χ1v) is 7.76. The summed E-state index contributed by atoms with van der Waals surface area (Å²) in [6.07, 6.45) is 1.88. The van der Waals surface area contributed by atoms with Crippen LogP contribution in [0.2, 0.25) is 0 Å². The topological polar surface area (TPSA) is 97.9 Å². The third-order valence-corrected chi connectivity index (χ3v) is 3.60. The SMILES string of the molecule is CC(=O)OC(c1ccccn1)n1c(-c2ccc(C#N)cc2)nccc1=O. The minimum absolute atomic E-state index is 0.305. The highest BCUT2D eigenvalue weighted by atomic mass is 16.6. The average molecular weight is 346 g/mol. The van der Waals surface area contributed by atoms with E-state index in [1.54, 1.807) is 48.7 Å². The van der Waals surface area contributed by atoms with Gasteiger partial charge in [-0.15, -0.1) is 0 Å². The lowest BCUT2D eigenvalue weighted by atomic mass is 10.1. The number of carbonyl (C=O) groups excluding carboxylic acids is 1. The van der Waals surface area contributed by atoms with Crippen molar-refractivity contribution in [2.75, 3.05) is 0 Å². The second kappa shape index (κ2) is 7.40. The van der Waals surface area contributed by atoms with Gasteiger partial charge in [-0.1, -0.05) is 6.07 Å². The normalized spacial score (nSPS) is 11.4. The maximum absolute atomic E-state index is 12.6. The highest BCUT2D eigenvalue weighted by Gasteiger charge is 2.23. The van der Waals surface area contributed by atoms with Crippen LogP contribution in [0.4, 0.5) is 0 Å². The quantitative estimate of drug-likeness (QED) is 0.672. The first-order valence-electron chi connectivity index (χ1n) is 7.76. The summed E-state index contributed by atoms with van der Waals surface area (Å²) in [7, 11) is 0. The Balaban J connectivity index is 2.20. The zero-order chi connectivity index (χ0) is 18.5. The molecule has 3 aromatic rings. The molecular weight excluding hydrogens is 332 g/mol. The number of esters is 1. The number of pyridine rings is 1. The van der Waals surface area contributed by atoms with Crippen molar-refractivity contribution < 1.29 is 9.53 Å². The maximum Gasteiger partial charge on any atom is 0.304 e. The van der Waals surface area contributed by atoms with Crippen molar-refractivity contribution >= 4 is 5.97 Å². The lowest BCUT2D eigenvalue weighted by molar-refractivity contribution is -0.148. The van der Waals surface area contributed by atoms with Crippen molar-refractivity contribution in [1.82, 2.24) is 14.5 Å². The molecule has 0 aliphatic carbocycles. The van der Waals surface area contributed by atoms with Gasteiger partial charge < -0.3 is 4.74 Å². The molecule has 7 nitrogen and oxygen atoms in total.